The van der Waals surface area contributed by atoms with E-state index in [2.05, 4.69) is 25.3 Å². The summed E-state index contributed by atoms with van der Waals surface area (Å²) in [4.78, 5) is 20.8. The molecule has 34 heavy (non-hydrogen) atoms. The first kappa shape index (κ1) is 25.4. The maximum absolute atomic E-state index is 14.0. The van der Waals surface area contributed by atoms with Gasteiger partial charge in [-0.1, -0.05) is 48.0 Å². The lowest BCUT2D eigenvalue weighted by atomic mass is 9.97. The third-order valence-corrected chi connectivity index (χ3v) is 5.15. The fourth-order valence-electron chi connectivity index (χ4n) is 3.36. The molecule has 1 heterocycles. The number of hydrogen-bond donors (Lipinski definition) is 2. The smallest absolute Gasteiger partial charge is 0.403 e. The second-order valence-corrected chi connectivity index (χ2v) is 7.67. The van der Waals surface area contributed by atoms with Gasteiger partial charge in [0.05, 0.1) is 18.1 Å². The van der Waals surface area contributed by atoms with E-state index in [0.717, 1.165) is 12.1 Å². The zero-order valence-corrected chi connectivity index (χ0v) is 18.7. The van der Waals surface area contributed by atoms with E-state index < -0.39 is 30.0 Å². The van der Waals surface area contributed by atoms with E-state index in [1.165, 1.54) is 25.5 Å². The zero-order chi connectivity index (χ0) is 24.7. The van der Waals surface area contributed by atoms with Gasteiger partial charge in [-0.3, -0.25) is 15.1 Å². The molecular formula is C23H21ClF4N4O2. The van der Waals surface area contributed by atoms with Crippen molar-refractivity contribution in [1.82, 2.24) is 20.6 Å². The molecule has 0 radical (unpaired) electrons. The van der Waals surface area contributed by atoms with E-state index in [0.29, 0.717) is 29.7 Å². The minimum Gasteiger partial charge on any atom is -0.403 e. The SMILES string of the molecule is CNC(=O)[C@H](N[C@H](CCc1cnc(Cl)cn1)c1ccc(F)c(OC(F)(F)F)c1)c1ccccc1. The highest BCUT2D eigenvalue weighted by Crippen LogP contribution is 2.31. The van der Waals surface area contributed by atoms with Gasteiger partial charge < -0.3 is 10.1 Å². The molecule has 0 saturated carbocycles. The molecule has 1 aromatic heterocycles. The molecule has 180 valence electrons. The number of amides is 1. The van der Waals surface area contributed by atoms with Crippen molar-refractivity contribution in [1.29, 1.82) is 0 Å². The van der Waals surface area contributed by atoms with Crippen LogP contribution in [0.4, 0.5) is 17.6 Å². The number of ether oxygens (including phenoxy) is 1. The number of aromatic nitrogens is 2. The number of rotatable bonds is 9. The van der Waals surface area contributed by atoms with Crippen LogP contribution in [-0.4, -0.2) is 29.3 Å². The predicted octanol–water partition coefficient (Wildman–Crippen LogP) is 4.92. The number of alkyl halides is 3. The van der Waals surface area contributed by atoms with Crippen molar-refractivity contribution in [2.24, 2.45) is 0 Å². The van der Waals surface area contributed by atoms with Gasteiger partial charge >= 0.3 is 6.36 Å². The molecule has 1 amide bonds. The molecule has 2 atom stereocenters. The van der Waals surface area contributed by atoms with Gasteiger partial charge in [0.2, 0.25) is 5.91 Å². The molecular weight excluding hydrogens is 476 g/mol. The highest BCUT2D eigenvalue weighted by Gasteiger charge is 2.33. The number of nitrogens with zero attached hydrogens (tertiary/aromatic N) is 2. The van der Waals surface area contributed by atoms with E-state index in [1.54, 1.807) is 30.3 Å². The summed E-state index contributed by atoms with van der Waals surface area (Å²) in [6.07, 6.45) is -1.55. The number of aryl methyl sites for hydroxylation is 1. The second kappa shape index (κ2) is 11.3. The van der Waals surface area contributed by atoms with Gasteiger partial charge in [0.1, 0.15) is 11.2 Å². The Balaban J connectivity index is 1.95. The molecule has 3 rings (SSSR count). The molecule has 0 bridgehead atoms. The summed E-state index contributed by atoms with van der Waals surface area (Å²) in [7, 11) is 1.48. The molecule has 0 saturated heterocycles. The standard InChI is InChI=1S/C23H21ClF4N4O2/c1-29-22(33)21(14-5-3-2-4-6-14)32-18(10-8-16-12-31-20(24)13-30-16)15-7-9-17(25)19(11-15)34-23(26,27)28/h2-7,9,11-13,18,21,32H,8,10H2,1H3,(H,29,33)/t18-,21-/m1/s1. The lowest BCUT2D eigenvalue weighted by molar-refractivity contribution is -0.275. The molecule has 3 aromatic rings. The average molecular weight is 497 g/mol. The van der Waals surface area contributed by atoms with Crippen LogP contribution in [0.25, 0.3) is 0 Å². The molecule has 0 unspecified atom stereocenters. The highest BCUT2D eigenvalue weighted by molar-refractivity contribution is 6.29. The Morgan fingerprint density at radius 1 is 1.09 bits per heavy atom. The Morgan fingerprint density at radius 2 is 1.82 bits per heavy atom. The molecule has 2 aromatic carbocycles. The van der Waals surface area contributed by atoms with Crippen LogP contribution in [0.15, 0.2) is 60.9 Å². The van der Waals surface area contributed by atoms with Gasteiger partial charge in [-0.05, 0) is 36.1 Å². The Hall–Kier alpha value is -3.24. The summed E-state index contributed by atoms with van der Waals surface area (Å²) < 4.78 is 56.1. The van der Waals surface area contributed by atoms with Crippen molar-refractivity contribution >= 4 is 17.5 Å². The summed E-state index contributed by atoms with van der Waals surface area (Å²) in [5, 5.41) is 5.98. The third-order valence-electron chi connectivity index (χ3n) is 4.96. The number of hydrogen-bond acceptors (Lipinski definition) is 5. The number of halogens is 5. The van der Waals surface area contributed by atoms with Crippen molar-refractivity contribution in [3.05, 3.63) is 88.7 Å². The topological polar surface area (TPSA) is 76.1 Å². The van der Waals surface area contributed by atoms with E-state index in [1.807, 2.05) is 0 Å². The van der Waals surface area contributed by atoms with Crippen LogP contribution in [0.3, 0.4) is 0 Å². The first-order chi connectivity index (χ1) is 16.2. The van der Waals surface area contributed by atoms with Crippen LogP contribution >= 0.6 is 11.6 Å². The molecule has 6 nitrogen and oxygen atoms in total. The third kappa shape index (κ3) is 7.13. The van der Waals surface area contributed by atoms with Crippen molar-refractivity contribution in [3.8, 4) is 5.75 Å². The summed E-state index contributed by atoms with van der Waals surface area (Å²) in [6.45, 7) is 0. The van der Waals surface area contributed by atoms with Crippen LogP contribution in [-0.2, 0) is 11.2 Å². The molecule has 0 spiro atoms. The number of likely N-dealkylation sites (N-methyl/N-ethyl adjacent to an activating group) is 1. The lowest BCUT2D eigenvalue weighted by Crippen LogP contribution is -2.38. The monoisotopic (exact) mass is 496 g/mol. The molecule has 0 fully saturated rings. The van der Waals surface area contributed by atoms with E-state index in [9.17, 15) is 22.4 Å². The van der Waals surface area contributed by atoms with Gasteiger partial charge in [-0.2, -0.15) is 0 Å². The van der Waals surface area contributed by atoms with Crippen molar-refractivity contribution in [3.63, 3.8) is 0 Å². The molecule has 2 N–H and O–H groups in total. The Labute approximate surface area is 198 Å². The largest absolute Gasteiger partial charge is 0.573 e. The van der Waals surface area contributed by atoms with Crippen LogP contribution in [0.2, 0.25) is 5.15 Å². The summed E-state index contributed by atoms with van der Waals surface area (Å²) >= 11 is 5.77. The van der Waals surface area contributed by atoms with Gasteiger partial charge in [0, 0.05) is 13.1 Å². The van der Waals surface area contributed by atoms with Crippen molar-refractivity contribution < 1.29 is 27.1 Å². The maximum atomic E-state index is 14.0. The molecule has 11 heteroatoms. The normalized spacial score (nSPS) is 13.2. The number of carbonyl (C=O) groups excluding carboxylic acids is 1. The number of carbonyl (C=O) groups is 1. The minimum atomic E-state index is -5.06. The quantitative estimate of drug-likeness (QED) is 0.411. The second-order valence-electron chi connectivity index (χ2n) is 7.28. The Morgan fingerprint density at radius 3 is 2.44 bits per heavy atom. The van der Waals surface area contributed by atoms with E-state index >= 15 is 0 Å². The number of benzene rings is 2. The van der Waals surface area contributed by atoms with Crippen LogP contribution in [0, 0.1) is 5.82 Å². The van der Waals surface area contributed by atoms with Crippen LogP contribution < -0.4 is 15.4 Å². The van der Waals surface area contributed by atoms with Crippen LogP contribution in [0.5, 0.6) is 5.75 Å². The summed E-state index contributed by atoms with van der Waals surface area (Å²) in [5.41, 5.74) is 1.53. The fraction of sp³-hybridized carbons (Fsp3) is 0.261. The Bertz CT molecular complexity index is 1100. The van der Waals surface area contributed by atoms with Crippen LogP contribution in [0.1, 0.15) is 35.3 Å². The average Bonchev–Trinajstić information content (AvgIpc) is 2.81. The summed E-state index contributed by atoms with van der Waals surface area (Å²) in [6, 6.07) is 10.5. The Kier molecular flexibility index (Phi) is 8.41. The van der Waals surface area contributed by atoms with Crippen molar-refractivity contribution in [2.45, 2.75) is 31.3 Å². The first-order valence-corrected chi connectivity index (χ1v) is 10.6. The van der Waals surface area contributed by atoms with Gasteiger partial charge in [0.15, 0.2) is 11.6 Å². The van der Waals surface area contributed by atoms with Gasteiger partial charge in [-0.25, -0.2) is 9.37 Å². The molecule has 0 aliphatic carbocycles. The van der Waals surface area contributed by atoms with Crippen molar-refractivity contribution in [2.75, 3.05) is 7.05 Å². The highest BCUT2D eigenvalue weighted by atomic mass is 35.5. The molecule has 0 aliphatic rings. The van der Waals surface area contributed by atoms with Gasteiger partial charge in [-0.15, -0.1) is 13.2 Å². The number of nitrogens with one attached hydrogen (secondary N) is 2. The summed E-state index contributed by atoms with van der Waals surface area (Å²) in [5.74, 6) is -2.47. The lowest BCUT2D eigenvalue weighted by Gasteiger charge is -2.26. The van der Waals surface area contributed by atoms with E-state index in [-0.39, 0.29) is 11.1 Å². The van der Waals surface area contributed by atoms with E-state index in [4.69, 9.17) is 11.6 Å². The minimum absolute atomic E-state index is 0.217. The first-order valence-electron chi connectivity index (χ1n) is 10.2. The molecule has 0 aliphatic heterocycles. The van der Waals surface area contributed by atoms with Gasteiger partial charge in [0.25, 0.3) is 0 Å². The zero-order valence-electron chi connectivity index (χ0n) is 17.9. The maximum Gasteiger partial charge on any atom is 0.573 e. The predicted molar refractivity (Wildman–Crippen MR) is 118 cm³/mol. The fourth-order valence-corrected chi connectivity index (χ4v) is 3.46.